The van der Waals surface area contributed by atoms with Gasteiger partial charge in [0.1, 0.15) is 11.8 Å². The van der Waals surface area contributed by atoms with Crippen molar-refractivity contribution in [3.05, 3.63) is 24.3 Å². The number of benzene rings is 1. The summed E-state index contributed by atoms with van der Waals surface area (Å²) in [7, 11) is 3.04. The summed E-state index contributed by atoms with van der Waals surface area (Å²) in [6.45, 7) is 0.735. The maximum Gasteiger partial charge on any atom is 0.330 e. The van der Waals surface area contributed by atoms with Gasteiger partial charge in [0.2, 0.25) is 0 Å². The largest absolute Gasteiger partial charge is 0.497 e. The predicted molar refractivity (Wildman–Crippen MR) is 56.1 cm³/mol. The molecule has 0 aromatic heterocycles. The van der Waals surface area contributed by atoms with Crippen LogP contribution in [0.5, 0.6) is 5.75 Å². The second kappa shape index (κ2) is 3.81. The zero-order valence-corrected chi connectivity index (χ0v) is 8.77. The summed E-state index contributed by atoms with van der Waals surface area (Å²) in [4.78, 5) is 13.2. The molecule has 1 fully saturated rings. The van der Waals surface area contributed by atoms with Crippen molar-refractivity contribution in [3.8, 4) is 5.75 Å². The Labute approximate surface area is 88.4 Å². The molecule has 0 unspecified atom stereocenters. The molecule has 0 N–H and O–H groups in total. The van der Waals surface area contributed by atoms with Gasteiger partial charge in [0.25, 0.3) is 0 Å². The van der Waals surface area contributed by atoms with E-state index >= 15 is 0 Å². The van der Waals surface area contributed by atoms with Gasteiger partial charge in [0.15, 0.2) is 0 Å². The highest BCUT2D eigenvalue weighted by molar-refractivity contribution is 5.86. The first kappa shape index (κ1) is 9.83. The van der Waals surface area contributed by atoms with Crippen LogP contribution in [-0.4, -0.2) is 32.8 Å². The van der Waals surface area contributed by atoms with Crippen LogP contribution in [0.4, 0.5) is 5.69 Å². The van der Waals surface area contributed by atoms with Crippen LogP contribution in [0.2, 0.25) is 0 Å². The monoisotopic (exact) mass is 207 g/mol. The normalized spacial score (nSPS) is 18.5. The van der Waals surface area contributed by atoms with Crippen LogP contribution in [0, 0.1) is 0 Å². The van der Waals surface area contributed by atoms with Crippen LogP contribution in [-0.2, 0) is 9.53 Å². The Hall–Kier alpha value is -1.71. The zero-order valence-electron chi connectivity index (χ0n) is 8.77. The molecule has 0 saturated carbocycles. The van der Waals surface area contributed by atoms with Gasteiger partial charge in [-0.3, -0.25) is 0 Å². The first-order valence-electron chi connectivity index (χ1n) is 4.75. The second-order valence-electron chi connectivity index (χ2n) is 3.39. The summed E-state index contributed by atoms with van der Waals surface area (Å²) < 4.78 is 9.72. The average molecular weight is 207 g/mol. The number of anilines is 1. The zero-order chi connectivity index (χ0) is 10.8. The van der Waals surface area contributed by atoms with Gasteiger partial charge in [-0.15, -0.1) is 0 Å². The van der Waals surface area contributed by atoms with Crippen molar-refractivity contribution < 1.29 is 14.3 Å². The molecular formula is C11H13NO3. The van der Waals surface area contributed by atoms with Gasteiger partial charge in [-0.25, -0.2) is 4.79 Å². The van der Waals surface area contributed by atoms with Gasteiger partial charge in [-0.1, -0.05) is 0 Å². The molecule has 1 heterocycles. The lowest BCUT2D eigenvalue weighted by molar-refractivity contribution is -0.139. The number of hydrogen-bond donors (Lipinski definition) is 0. The first-order valence-corrected chi connectivity index (χ1v) is 4.75. The summed E-state index contributed by atoms with van der Waals surface area (Å²) in [5.41, 5.74) is 1.02. The van der Waals surface area contributed by atoms with Gasteiger partial charge in [0.05, 0.1) is 20.8 Å². The Bertz CT molecular complexity index is 361. The Kier molecular flexibility index (Phi) is 2.49. The standard InChI is InChI=1S/C11H13NO3/c1-14-9-5-3-8(4-6-9)12-7-10(12)11(13)15-2/h3-6,10H,7H2,1-2H3/t10-,12?/m1/s1. The number of carbonyl (C=O) groups excluding carboxylic acids is 1. The minimum atomic E-state index is -0.175. The van der Waals surface area contributed by atoms with E-state index in [2.05, 4.69) is 4.74 Å². The summed E-state index contributed by atoms with van der Waals surface area (Å²) in [5, 5.41) is 0. The number of carbonyl (C=O) groups is 1. The summed E-state index contributed by atoms with van der Waals surface area (Å²) in [6, 6.07) is 7.51. The Morgan fingerprint density at radius 3 is 2.53 bits per heavy atom. The van der Waals surface area contributed by atoms with Crippen molar-refractivity contribution in [2.24, 2.45) is 0 Å². The van der Waals surface area contributed by atoms with Crippen molar-refractivity contribution in [1.29, 1.82) is 0 Å². The number of hydrogen-bond acceptors (Lipinski definition) is 4. The highest BCUT2D eigenvalue weighted by Crippen LogP contribution is 2.29. The van der Waals surface area contributed by atoms with Gasteiger partial charge < -0.3 is 14.4 Å². The molecule has 0 radical (unpaired) electrons. The van der Waals surface area contributed by atoms with Crippen molar-refractivity contribution in [3.63, 3.8) is 0 Å². The van der Waals surface area contributed by atoms with Crippen LogP contribution in [0.25, 0.3) is 0 Å². The van der Waals surface area contributed by atoms with Crippen molar-refractivity contribution in [1.82, 2.24) is 0 Å². The number of rotatable bonds is 3. The van der Waals surface area contributed by atoms with Gasteiger partial charge in [-0.05, 0) is 24.3 Å². The highest BCUT2D eigenvalue weighted by atomic mass is 16.5. The third-order valence-corrected chi connectivity index (χ3v) is 2.49. The molecule has 1 aliphatic heterocycles. The predicted octanol–water partition coefficient (Wildman–Crippen LogP) is 1.06. The van der Waals surface area contributed by atoms with E-state index in [0.29, 0.717) is 0 Å². The van der Waals surface area contributed by atoms with Gasteiger partial charge in [-0.2, -0.15) is 0 Å². The van der Waals surface area contributed by atoms with Crippen molar-refractivity contribution >= 4 is 11.7 Å². The number of ether oxygens (including phenoxy) is 2. The fraction of sp³-hybridized carbons (Fsp3) is 0.364. The molecule has 1 aromatic rings. The fourth-order valence-corrected chi connectivity index (χ4v) is 1.54. The van der Waals surface area contributed by atoms with E-state index in [1.165, 1.54) is 7.11 Å². The smallest absolute Gasteiger partial charge is 0.330 e. The maximum absolute atomic E-state index is 11.2. The second-order valence-corrected chi connectivity index (χ2v) is 3.39. The van der Waals surface area contributed by atoms with Crippen LogP contribution >= 0.6 is 0 Å². The van der Waals surface area contributed by atoms with E-state index in [1.807, 2.05) is 29.2 Å². The van der Waals surface area contributed by atoms with E-state index in [9.17, 15) is 4.79 Å². The minimum Gasteiger partial charge on any atom is -0.497 e. The van der Waals surface area contributed by atoms with E-state index in [-0.39, 0.29) is 12.0 Å². The molecule has 0 spiro atoms. The summed E-state index contributed by atoms with van der Waals surface area (Å²) in [5.74, 6) is 0.640. The van der Waals surface area contributed by atoms with Crippen LogP contribution in [0.3, 0.4) is 0 Å². The molecule has 4 nitrogen and oxygen atoms in total. The van der Waals surface area contributed by atoms with E-state index in [1.54, 1.807) is 7.11 Å². The molecule has 1 aromatic carbocycles. The van der Waals surface area contributed by atoms with Crippen molar-refractivity contribution in [2.75, 3.05) is 25.7 Å². The van der Waals surface area contributed by atoms with Crippen LogP contribution in [0.15, 0.2) is 24.3 Å². The molecule has 15 heavy (non-hydrogen) atoms. The quantitative estimate of drug-likeness (QED) is 0.548. The molecule has 80 valence electrons. The lowest BCUT2D eigenvalue weighted by atomic mass is 10.3. The Morgan fingerprint density at radius 1 is 1.33 bits per heavy atom. The topological polar surface area (TPSA) is 38.5 Å². The third-order valence-electron chi connectivity index (χ3n) is 2.49. The van der Waals surface area contributed by atoms with Gasteiger partial charge >= 0.3 is 5.97 Å². The Balaban J connectivity index is 2.04. The lowest BCUT2D eigenvalue weighted by Crippen LogP contribution is -2.13. The highest BCUT2D eigenvalue weighted by Gasteiger charge is 2.41. The molecule has 1 aliphatic rings. The molecule has 4 heteroatoms. The summed E-state index contributed by atoms with van der Waals surface area (Å²) >= 11 is 0. The minimum absolute atomic E-state index is 0.108. The Morgan fingerprint density at radius 2 is 2.00 bits per heavy atom. The van der Waals surface area contributed by atoms with E-state index in [4.69, 9.17) is 4.74 Å². The molecule has 0 aliphatic carbocycles. The van der Waals surface area contributed by atoms with E-state index in [0.717, 1.165) is 18.0 Å². The number of methoxy groups -OCH3 is 2. The molecule has 2 rings (SSSR count). The molecule has 0 bridgehead atoms. The number of esters is 1. The fourth-order valence-electron chi connectivity index (χ4n) is 1.54. The molecule has 0 amide bonds. The van der Waals surface area contributed by atoms with Crippen molar-refractivity contribution in [2.45, 2.75) is 6.04 Å². The van der Waals surface area contributed by atoms with Crippen LogP contribution < -0.4 is 9.64 Å². The van der Waals surface area contributed by atoms with E-state index < -0.39 is 0 Å². The first-order chi connectivity index (χ1) is 7.26. The third kappa shape index (κ3) is 1.88. The van der Waals surface area contributed by atoms with Crippen LogP contribution in [0.1, 0.15) is 0 Å². The summed E-state index contributed by atoms with van der Waals surface area (Å²) in [6.07, 6.45) is 0. The number of nitrogens with zero attached hydrogens (tertiary/aromatic N) is 1. The SMILES string of the molecule is COC(=O)[C@H]1CN1c1ccc(OC)cc1. The molecule has 1 saturated heterocycles. The molecule has 1 atom stereocenters. The molecular weight excluding hydrogens is 194 g/mol. The maximum atomic E-state index is 11.2. The van der Waals surface area contributed by atoms with Gasteiger partial charge in [0, 0.05) is 5.69 Å². The lowest BCUT2D eigenvalue weighted by Gasteiger charge is -2.05. The average Bonchev–Trinajstić information content (AvgIpc) is 3.08.